The fourth-order valence-corrected chi connectivity index (χ4v) is 2.55. The number of ether oxygens (including phenoxy) is 1. The molecule has 1 amide bonds. The lowest BCUT2D eigenvalue weighted by Crippen LogP contribution is -2.32. The van der Waals surface area contributed by atoms with Gasteiger partial charge in [0, 0.05) is 5.75 Å². The second kappa shape index (κ2) is 5.86. The minimum atomic E-state index is -0.391. The van der Waals surface area contributed by atoms with E-state index in [-0.39, 0.29) is 5.82 Å². The number of thioether (sulfide) groups is 1. The smallest absolute Gasteiger partial charge is 0.415 e. The number of rotatable bonds is 2. The van der Waals surface area contributed by atoms with Gasteiger partial charge in [-0.2, -0.15) is 0 Å². The molecule has 0 saturated heterocycles. The molecule has 18 heavy (non-hydrogen) atoms. The summed E-state index contributed by atoms with van der Waals surface area (Å²) in [6.45, 7) is 1.15. The van der Waals surface area contributed by atoms with Crippen LogP contribution >= 0.6 is 11.8 Å². The minimum Gasteiger partial charge on any atom is -0.452 e. The molecule has 0 spiro atoms. The molecule has 1 aliphatic rings. The summed E-state index contributed by atoms with van der Waals surface area (Å²) in [7, 11) is 1.35. The molecule has 1 aliphatic heterocycles. The molecule has 0 N–H and O–H groups in total. The van der Waals surface area contributed by atoms with Gasteiger partial charge in [-0.05, 0) is 17.7 Å². The summed E-state index contributed by atoms with van der Waals surface area (Å²) in [6.07, 6.45) is -0.391. The van der Waals surface area contributed by atoms with Crippen LogP contribution in [0.1, 0.15) is 5.56 Å². The maximum absolute atomic E-state index is 12.7. The number of carbonyl (C=O) groups is 1. The molecule has 1 heterocycles. The molecule has 0 bridgehead atoms. The van der Waals surface area contributed by atoms with Gasteiger partial charge in [-0.3, -0.25) is 9.89 Å². The van der Waals surface area contributed by atoms with Gasteiger partial charge in [-0.15, -0.1) is 0 Å². The molecule has 0 unspecified atom stereocenters. The standard InChI is InChI=1S/C12H13FN2O2S/c1-17-12(16)15-7-6-14-11(15)18-8-9-2-4-10(13)5-3-9/h2-5H,6-8H2,1H3. The predicted octanol–water partition coefficient (Wildman–Crippen LogP) is 2.50. The number of carbonyl (C=O) groups excluding carboxylic acids is 1. The van der Waals surface area contributed by atoms with E-state index in [4.69, 9.17) is 0 Å². The van der Waals surface area contributed by atoms with Crippen molar-refractivity contribution in [3.8, 4) is 0 Å². The maximum atomic E-state index is 12.7. The fraction of sp³-hybridized carbons (Fsp3) is 0.333. The van der Waals surface area contributed by atoms with Crippen molar-refractivity contribution in [1.82, 2.24) is 4.90 Å². The summed E-state index contributed by atoms with van der Waals surface area (Å²) in [5.74, 6) is 0.394. The molecular formula is C12H13FN2O2S. The Morgan fingerprint density at radius 1 is 1.50 bits per heavy atom. The van der Waals surface area contributed by atoms with Crippen molar-refractivity contribution in [2.75, 3.05) is 20.2 Å². The number of amidine groups is 1. The first kappa shape index (κ1) is 12.9. The van der Waals surface area contributed by atoms with Crippen molar-refractivity contribution < 1.29 is 13.9 Å². The van der Waals surface area contributed by atoms with E-state index in [0.29, 0.717) is 24.0 Å². The highest BCUT2D eigenvalue weighted by Crippen LogP contribution is 2.20. The zero-order valence-corrected chi connectivity index (χ0v) is 10.7. The molecule has 0 atom stereocenters. The van der Waals surface area contributed by atoms with E-state index in [1.165, 1.54) is 35.9 Å². The molecule has 1 aromatic carbocycles. The van der Waals surface area contributed by atoms with E-state index < -0.39 is 6.09 Å². The van der Waals surface area contributed by atoms with Crippen LogP contribution in [0, 0.1) is 5.82 Å². The van der Waals surface area contributed by atoms with E-state index in [1.54, 1.807) is 12.1 Å². The number of amides is 1. The van der Waals surface area contributed by atoms with Crippen LogP contribution in [0.5, 0.6) is 0 Å². The zero-order valence-electron chi connectivity index (χ0n) is 9.93. The van der Waals surface area contributed by atoms with Crippen molar-refractivity contribution in [2.45, 2.75) is 5.75 Å². The van der Waals surface area contributed by atoms with Gasteiger partial charge in [0.1, 0.15) is 5.82 Å². The molecule has 0 saturated carbocycles. The summed E-state index contributed by atoms with van der Waals surface area (Å²) in [5, 5.41) is 0.658. The topological polar surface area (TPSA) is 41.9 Å². The van der Waals surface area contributed by atoms with Crippen LogP contribution in [0.4, 0.5) is 9.18 Å². The molecule has 0 aromatic heterocycles. The van der Waals surface area contributed by atoms with Crippen LogP contribution in [-0.4, -0.2) is 36.4 Å². The first-order valence-corrected chi connectivity index (χ1v) is 6.46. The molecule has 4 nitrogen and oxygen atoms in total. The first-order chi connectivity index (χ1) is 8.70. The fourth-order valence-electron chi connectivity index (χ4n) is 1.56. The summed E-state index contributed by atoms with van der Waals surface area (Å²) in [6, 6.07) is 6.29. The van der Waals surface area contributed by atoms with Gasteiger partial charge < -0.3 is 4.74 Å². The van der Waals surface area contributed by atoms with Gasteiger partial charge in [-0.25, -0.2) is 9.18 Å². The number of aliphatic imine (C=N–C) groups is 1. The third-order valence-electron chi connectivity index (χ3n) is 2.48. The molecule has 6 heteroatoms. The van der Waals surface area contributed by atoms with Gasteiger partial charge in [0.05, 0.1) is 20.2 Å². The summed E-state index contributed by atoms with van der Waals surface area (Å²) >= 11 is 1.45. The molecule has 0 radical (unpaired) electrons. The lowest BCUT2D eigenvalue weighted by Gasteiger charge is -2.15. The van der Waals surface area contributed by atoms with E-state index in [1.807, 2.05) is 0 Å². The van der Waals surface area contributed by atoms with Crippen LogP contribution in [0.15, 0.2) is 29.3 Å². The average Bonchev–Trinajstić information content (AvgIpc) is 2.85. The summed E-state index contributed by atoms with van der Waals surface area (Å²) in [5.41, 5.74) is 0.987. The van der Waals surface area contributed by atoms with Crippen LogP contribution in [0.3, 0.4) is 0 Å². The lowest BCUT2D eigenvalue weighted by molar-refractivity contribution is 0.149. The van der Waals surface area contributed by atoms with Crippen molar-refractivity contribution in [3.05, 3.63) is 35.6 Å². The van der Waals surface area contributed by atoms with Crippen LogP contribution in [0.25, 0.3) is 0 Å². The predicted molar refractivity (Wildman–Crippen MR) is 69.1 cm³/mol. The Bertz CT molecular complexity index is 462. The van der Waals surface area contributed by atoms with Gasteiger partial charge in [-0.1, -0.05) is 23.9 Å². The summed E-state index contributed by atoms with van der Waals surface area (Å²) in [4.78, 5) is 17.2. The van der Waals surface area contributed by atoms with E-state index >= 15 is 0 Å². The molecule has 96 valence electrons. The van der Waals surface area contributed by atoms with Crippen molar-refractivity contribution >= 4 is 23.0 Å². The second-order valence-corrected chi connectivity index (χ2v) is 4.64. The Hall–Kier alpha value is -1.56. The van der Waals surface area contributed by atoms with Gasteiger partial charge in [0.2, 0.25) is 0 Å². The SMILES string of the molecule is COC(=O)N1CCN=C1SCc1ccc(F)cc1. The molecule has 0 aliphatic carbocycles. The number of hydrogen-bond acceptors (Lipinski definition) is 4. The Balaban J connectivity index is 1.93. The van der Waals surface area contributed by atoms with E-state index in [0.717, 1.165) is 5.56 Å². The Labute approximate surface area is 109 Å². The highest BCUT2D eigenvalue weighted by molar-refractivity contribution is 8.13. The first-order valence-electron chi connectivity index (χ1n) is 5.48. The largest absolute Gasteiger partial charge is 0.452 e. The highest BCUT2D eigenvalue weighted by atomic mass is 32.2. The van der Waals surface area contributed by atoms with Gasteiger partial charge in [0.25, 0.3) is 0 Å². The lowest BCUT2D eigenvalue weighted by atomic mass is 10.2. The third-order valence-corrected chi connectivity index (χ3v) is 3.56. The molecule has 1 aromatic rings. The van der Waals surface area contributed by atoms with Crippen molar-refractivity contribution in [1.29, 1.82) is 0 Å². The van der Waals surface area contributed by atoms with Crippen LogP contribution < -0.4 is 0 Å². The Morgan fingerprint density at radius 2 is 2.22 bits per heavy atom. The average molecular weight is 268 g/mol. The number of methoxy groups -OCH3 is 1. The third kappa shape index (κ3) is 3.01. The van der Waals surface area contributed by atoms with E-state index in [2.05, 4.69) is 9.73 Å². The minimum absolute atomic E-state index is 0.252. The van der Waals surface area contributed by atoms with Crippen LogP contribution in [-0.2, 0) is 10.5 Å². The number of hydrogen-bond donors (Lipinski definition) is 0. The number of nitrogens with zero attached hydrogens (tertiary/aromatic N) is 2. The molecule has 2 rings (SSSR count). The molecule has 0 fully saturated rings. The van der Waals surface area contributed by atoms with Crippen molar-refractivity contribution in [2.24, 2.45) is 4.99 Å². The van der Waals surface area contributed by atoms with Gasteiger partial charge in [0.15, 0.2) is 5.17 Å². The number of halogens is 1. The van der Waals surface area contributed by atoms with Gasteiger partial charge >= 0.3 is 6.09 Å². The van der Waals surface area contributed by atoms with Crippen LogP contribution in [0.2, 0.25) is 0 Å². The zero-order chi connectivity index (χ0) is 13.0. The Morgan fingerprint density at radius 3 is 2.89 bits per heavy atom. The van der Waals surface area contributed by atoms with Crippen molar-refractivity contribution in [3.63, 3.8) is 0 Å². The summed E-state index contributed by atoms with van der Waals surface area (Å²) < 4.78 is 17.4. The van der Waals surface area contributed by atoms with E-state index in [9.17, 15) is 9.18 Å². The quantitative estimate of drug-likeness (QED) is 0.827. The monoisotopic (exact) mass is 268 g/mol. The molecular weight excluding hydrogens is 255 g/mol. The Kier molecular flexibility index (Phi) is 4.19. The highest BCUT2D eigenvalue weighted by Gasteiger charge is 2.24. The maximum Gasteiger partial charge on any atom is 0.415 e. The number of benzene rings is 1. The second-order valence-electron chi connectivity index (χ2n) is 3.70. The normalized spacial score (nSPS) is 14.6.